The van der Waals surface area contributed by atoms with Gasteiger partial charge in [0.15, 0.2) is 0 Å². The molecule has 1 unspecified atom stereocenters. The van der Waals surface area contributed by atoms with E-state index in [9.17, 15) is 4.39 Å². The van der Waals surface area contributed by atoms with Crippen molar-refractivity contribution in [1.82, 2.24) is 20.1 Å². The third-order valence-electron chi connectivity index (χ3n) is 7.08. The van der Waals surface area contributed by atoms with Crippen LogP contribution < -0.4 is 0 Å². The summed E-state index contributed by atoms with van der Waals surface area (Å²) in [7, 11) is 0. The normalized spacial score (nSPS) is 27.5. The molecule has 0 bridgehead atoms. The van der Waals surface area contributed by atoms with Gasteiger partial charge in [-0.3, -0.25) is 0 Å². The van der Waals surface area contributed by atoms with E-state index in [1.807, 2.05) is 12.1 Å². The van der Waals surface area contributed by atoms with Crippen LogP contribution in [0.5, 0.6) is 0 Å². The molecule has 2 saturated heterocycles. The molecular weight excluding hydrogens is 403 g/mol. The number of ether oxygens (including phenoxy) is 1. The van der Waals surface area contributed by atoms with Gasteiger partial charge in [0.2, 0.25) is 0 Å². The Bertz CT molecular complexity index is 860. The minimum absolute atomic E-state index is 0.243. The number of likely N-dealkylation sites (tertiary alicyclic amines) is 1. The van der Waals surface area contributed by atoms with E-state index in [1.165, 1.54) is 51.4 Å². The highest BCUT2D eigenvalue weighted by Crippen LogP contribution is 2.43. The molecule has 7 heteroatoms. The van der Waals surface area contributed by atoms with E-state index in [0.29, 0.717) is 17.2 Å². The lowest BCUT2D eigenvalue weighted by atomic mass is 9.98. The van der Waals surface area contributed by atoms with Crippen LogP contribution in [0.4, 0.5) is 4.39 Å². The van der Waals surface area contributed by atoms with Crippen LogP contribution in [0.25, 0.3) is 11.3 Å². The zero-order valence-corrected chi connectivity index (χ0v) is 17.9. The maximum Gasteiger partial charge on any atom is 0.142 e. The van der Waals surface area contributed by atoms with E-state index in [2.05, 4.69) is 20.1 Å². The van der Waals surface area contributed by atoms with Crippen molar-refractivity contribution in [3.8, 4) is 11.3 Å². The first-order valence-corrected chi connectivity index (χ1v) is 11.5. The maximum atomic E-state index is 13.5. The molecule has 3 aliphatic rings. The summed E-state index contributed by atoms with van der Waals surface area (Å²) in [5.41, 5.74) is 2.04. The zero-order valence-electron chi connectivity index (χ0n) is 17.1. The Labute approximate surface area is 182 Å². The quantitative estimate of drug-likeness (QED) is 0.663. The lowest BCUT2D eigenvalue weighted by molar-refractivity contribution is 0.0544. The molecule has 2 aromatic heterocycles. The molecule has 5 rings (SSSR count). The van der Waals surface area contributed by atoms with E-state index in [4.69, 9.17) is 16.3 Å². The van der Waals surface area contributed by atoms with E-state index in [1.54, 1.807) is 0 Å². The highest BCUT2D eigenvalue weighted by Gasteiger charge is 2.41. The van der Waals surface area contributed by atoms with Crippen molar-refractivity contribution in [2.45, 2.75) is 32.1 Å². The van der Waals surface area contributed by atoms with Crippen molar-refractivity contribution >= 4 is 11.6 Å². The molecule has 160 valence electrons. The van der Waals surface area contributed by atoms with Crippen molar-refractivity contribution in [2.75, 3.05) is 32.8 Å². The molecule has 1 aliphatic carbocycles. The predicted octanol–water partition coefficient (Wildman–Crippen LogP) is 4.26. The summed E-state index contributed by atoms with van der Waals surface area (Å²) < 4.78 is 19.0. The fourth-order valence-electron chi connectivity index (χ4n) is 5.64. The molecule has 0 aromatic carbocycles. The van der Waals surface area contributed by atoms with Gasteiger partial charge in [0.25, 0.3) is 0 Å². The minimum Gasteiger partial charge on any atom is -0.381 e. The molecular formula is C23H28ClFN4O. The molecule has 1 saturated carbocycles. The first-order valence-electron chi connectivity index (χ1n) is 11.1. The Morgan fingerprint density at radius 3 is 2.53 bits per heavy atom. The van der Waals surface area contributed by atoms with Gasteiger partial charge in [0, 0.05) is 38.4 Å². The predicted molar refractivity (Wildman–Crippen MR) is 114 cm³/mol. The second-order valence-corrected chi connectivity index (χ2v) is 9.60. The van der Waals surface area contributed by atoms with Gasteiger partial charge in [-0.05, 0) is 74.0 Å². The van der Waals surface area contributed by atoms with E-state index in [-0.39, 0.29) is 5.15 Å². The van der Waals surface area contributed by atoms with Crippen LogP contribution in [-0.4, -0.2) is 52.9 Å². The van der Waals surface area contributed by atoms with Crippen LogP contribution in [-0.2, 0) is 11.2 Å². The highest BCUT2D eigenvalue weighted by atomic mass is 35.5. The molecule has 0 spiro atoms. The van der Waals surface area contributed by atoms with Crippen LogP contribution >= 0.6 is 11.6 Å². The van der Waals surface area contributed by atoms with Crippen LogP contribution in [0.1, 0.15) is 31.4 Å². The smallest absolute Gasteiger partial charge is 0.142 e. The summed E-state index contributed by atoms with van der Waals surface area (Å²) in [5.74, 6) is 2.75. The Hall–Kier alpha value is -1.63. The molecule has 30 heavy (non-hydrogen) atoms. The Morgan fingerprint density at radius 2 is 1.83 bits per heavy atom. The van der Waals surface area contributed by atoms with Crippen molar-refractivity contribution in [2.24, 2.45) is 23.7 Å². The zero-order chi connectivity index (χ0) is 20.5. The topological polar surface area (TPSA) is 51.1 Å². The number of hydrogen-bond donors (Lipinski definition) is 0. The van der Waals surface area contributed by atoms with Crippen LogP contribution in [0, 0.1) is 29.5 Å². The van der Waals surface area contributed by atoms with Gasteiger partial charge < -0.3 is 9.64 Å². The third-order valence-corrected chi connectivity index (χ3v) is 7.38. The Morgan fingerprint density at radius 1 is 1.07 bits per heavy atom. The lowest BCUT2D eigenvalue weighted by Crippen LogP contribution is -2.31. The monoisotopic (exact) mass is 430 g/mol. The van der Waals surface area contributed by atoms with Crippen LogP contribution in [0.3, 0.4) is 0 Å². The summed E-state index contributed by atoms with van der Waals surface area (Å²) in [6.45, 7) is 5.65. The van der Waals surface area contributed by atoms with Gasteiger partial charge in [-0.1, -0.05) is 11.6 Å². The second-order valence-electron chi connectivity index (χ2n) is 9.24. The van der Waals surface area contributed by atoms with Gasteiger partial charge in [0.1, 0.15) is 11.0 Å². The van der Waals surface area contributed by atoms with Gasteiger partial charge in [-0.15, -0.1) is 0 Å². The molecule has 2 aliphatic heterocycles. The summed E-state index contributed by atoms with van der Waals surface area (Å²) >= 11 is 6.08. The molecule has 0 N–H and O–H groups in total. The van der Waals surface area contributed by atoms with Crippen molar-refractivity contribution in [3.63, 3.8) is 0 Å². The Kier molecular flexibility index (Phi) is 5.98. The minimum atomic E-state index is -0.427. The van der Waals surface area contributed by atoms with Crippen molar-refractivity contribution in [3.05, 3.63) is 41.1 Å². The van der Waals surface area contributed by atoms with Crippen LogP contribution in [0.15, 0.2) is 24.4 Å². The first kappa shape index (κ1) is 20.3. The van der Waals surface area contributed by atoms with Crippen molar-refractivity contribution in [1.29, 1.82) is 0 Å². The van der Waals surface area contributed by atoms with Crippen molar-refractivity contribution < 1.29 is 9.13 Å². The number of aromatic nitrogens is 3. The molecule has 0 amide bonds. The maximum absolute atomic E-state index is 13.5. The van der Waals surface area contributed by atoms with Gasteiger partial charge in [-0.2, -0.15) is 10.2 Å². The van der Waals surface area contributed by atoms with Gasteiger partial charge >= 0.3 is 0 Å². The Balaban J connectivity index is 1.14. The number of hydrogen-bond acceptors (Lipinski definition) is 5. The largest absolute Gasteiger partial charge is 0.381 e. The van der Waals surface area contributed by atoms with Gasteiger partial charge in [0.05, 0.1) is 17.6 Å². The molecule has 0 radical (unpaired) electrons. The number of fused-ring (bicyclic) bond motifs is 1. The average Bonchev–Trinajstić information content (AvgIpc) is 3.29. The summed E-state index contributed by atoms with van der Waals surface area (Å²) in [4.78, 5) is 6.55. The van der Waals surface area contributed by atoms with Crippen LogP contribution in [0.2, 0.25) is 5.15 Å². The highest BCUT2D eigenvalue weighted by molar-refractivity contribution is 6.32. The third kappa shape index (κ3) is 4.51. The lowest BCUT2D eigenvalue weighted by Gasteiger charge is -2.27. The number of pyridine rings is 1. The SMILES string of the molecule is Fc1cnc(Cl)c(-c2ccc(CC3C[C@@H]4CN(CC5CCOCC5)C[C@@H]4C3)nn2)c1. The number of nitrogens with zero attached hydrogens (tertiary/aromatic N) is 4. The molecule has 3 fully saturated rings. The standard InChI is InChI=1S/C23H28ClFN4O/c24-23-21(10-19(25)11-26-23)22-2-1-20(27-28-22)9-16-7-17-13-29(14-18(17)8-16)12-15-3-5-30-6-4-15/h1-2,10-11,15-18H,3-9,12-14H2/t16?,17-,18+. The molecule has 3 atom stereocenters. The van der Waals surface area contributed by atoms with E-state index < -0.39 is 5.82 Å². The fraction of sp³-hybridized carbons (Fsp3) is 0.609. The average molecular weight is 431 g/mol. The molecule has 5 nitrogen and oxygen atoms in total. The summed E-state index contributed by atoms with van der Waals surface area (Å²) in [6.07, 6.45) is 7.10. The fourth-order valence-corrected chi connectivity index (χ4v) is 5.84. The molecule has 2 aromatic rings. The second kappa shape index (κ2) is 8.85. The first-order chi connectivity index (χ1) is 14.6. The summed E-state index contributed by atoms with van der Waals surface area (Å²) in [5, 5.41) is 8.92. The molecule has 4 heterocycles. The van der Waals surface area contributed by atoms with E-state index in [0.717, 1.165) is 49.3 Å². The number of rotatable bonds is 5. The van der Waals surface area contributed by atoms with Gasteiger partial charge in [-0.25, -0.2) is 9.37 Å². The number of halogens is 2. The van der Waals surface area contributed by atoms with E-state index >= 15 is 0 Å². The summed E-state index contributed by atoms with van der Waals surface area (Å²) in [6, 6.07) is 5.22.